The van der Waals surface area contributed by atoms with Crippen LogP contribution in [0.25, 0.3) is 5.69 Å². The second kappa shape index (κ2) is 10.2. The molecule has 0 saturated carbocycles. The first-order chi connectivity index (χ1) is 15.3. The lowest BCUT2D eigenvalue weighted by molar-refractivity contribution is -0.118. The first-order valence-corrected chi connectivity index (χ1v) is 10.9. The van der Waals surface area contributed by atoms with E-state index in [0.29, 0.717) is 10.7 Å². The minimum absolute atomic E-state index is 0.166. The maximum absolute atomic E-state index is 12.1. The quantitative estimate of drug-likeness (QED) is 0.194. The van der Waals surface area contributed by atoms with Crippen LogP contribution in [0.15, 0.2) is 46.7 Å². The minimum Gasteiger partial charge on any atom is -0.465 e. The Morgan fingerprint density at radius 1 is 1.12 bits per heavy atom. The number of carbonyl (C=O) groups is 2. The van der Waals surface area contributed by atoms with Crippen LogP contribution in [0, 0.1) is 27.7 Å². The Morgan fingerprint density at radius 2 is 1.84 bits per heavy atom. The molecule has 166 valence electrons. The number of carbonyl (C=O) groups excluding carboxylic acids is 2. The summed E-state index contributed by atoms with van der Waals surface area (Å²) in [6, 6.07) is 11.1. The molecule has 9 heteroatoms. The Balaban J connectivity index is 1.67. The van der Waals surface area contributed by atoms with E-state index >= 15 is 0 Å². The molecule has 0 aliphatic heterocycles. The topological polar surface area (TPSA) is 98.5 Å². The van der Waals surface area contributed by atoms with Gasteiger partial charge in [0, 0.05) is 34.0 Å². The van der Waals surface area contributed by atoms with E-state index in [1.807, 2.05) is 56.5 Å². The summed E-state index contributed by atoms with van der Waals surface area (Å²) in [6.45, 7) is 7.71. The number of hydrazone groups is 1. The molecule has 8 nitrogen and oxygen atoms in total. The fraction of sp³-hybridized carbons (Fsp3) is 0.261. The molecule has 0 spiro atoms. The molecular weight excluding hydrogens is 426 g/mol. The summed E-state index contributed by atoms with van der Waals surface area (Å²) in [5, 5.41) is 4.66. The van der Waals surface area contributed by atoms with Crippen molar-refractivity contribution in [2.24, 2.45) is 5.10 Å². The van der Waals surface area contributed by atoms with Crippen molar-refractivity contribution in [2.45, 2.75) is 32.9 Å². The third-order valence-electron chi connectivity index (χ3n) is 4.68. The van der Waals surface area contributed by atoms with E-state index in [1.54, 1.807) is 18.3 Å². The average molecular weight is 452 g/mol. The Morgan fingerprint density at radius 3 is 2.53 bits per heavy atom. The first kappa shape index (κ1) is 23.2. The van der Waals surface area contributed by atoms with Crippen LogP contribution in [0.1, 0.15) is 38.7 Å². The molecule has 0 saturated heterocycles. The van der Waals surface area contributed by atoms with Crippen LogP contribution in [0.2, 0.25) is 0 Å². The van der Waals surface area contributed by atoms with Crippen molar-refractivity contribution in [1.82, 2.24) is 20.0 Å². The number of amides is 1. The molecule has 2 aromatic heterocycles. The Bertz CT molecular complexity index is 1170. The molecular formula is C23H25N5O3S. The number of methoxy groups -OCH3 is 1. The standard InChI is InChI=1S/C23H25N5O3S/c1-14-9-15(2)26-23(25-14)32-13-21(29)27-24-12-19-10-16(3)28(17(19)4)20-8-6-7-18(11-20)22(30)31-5/h6-12H,13H2,1-5H3,(H,27,29)/b24-12-. The number of nitrogens with zero attached hydrogens (tertiary/aromatic N) is 4. The summed E-state index contributed by atoms with van der Waals surface area (Å²) in [5.74, 6) is -0.462. The molecule has 1 amide bonds. The van der Waals surface area contributed by atoms with E-state index in [9.17, 15) is 9.59 Å². The number of aromatic nitrogens is 3. The predicted octanol–water partition coefficient (Wildman–Crippen LogP) is 3.53. The molecule has 3 aromatic rings. The van der Waals surface area contributed by atoms with Crippen molar-refractivity contribution in [3.8, 4) is 5.69 Å². The average Bonchev–Trinajstić information content (AvgIpc) is 3.04. The monoisotopic (exact) mass is 451 g/mol. The Hall–Kier alpha value is -3.46. The second-order valence-electron chi connectivity index (χ2n) is 7.22. The number of esters is 1. The summed E-state index contributed by atoms with van der Waals surface area (Å²) < 4.78 is 6.83. The van der Waals surface area contributed by atoms with Crippen LogP contribution < -0.4 is 5.43 Å². The van der Waals surface area contributed by atoms with Gasteiger partial charge in [0.15, 0.2) is 5.16 Å². The zero-order valence-electron chi connectivity index (χ0n) is 18.7. The van der Waals surface area contributed by atoms with Crippen LogP contribution in [-0.2, 0) is 9.53 Å². The van der Waals surface area contributed by atoms with Gasteiger partial charge >= 0.3 is 5.97 Å². The van der Waals surface area contributed by atoms with Gasteiger partial charge in [0.25, 0.3) is 5.91 Å². The lowest BCUT2D eigenvalue weighted by atomic mass is 10.2. The highest BCUT2D eigenvalue weighted by Crippen LogP contribution is 2.21. The van der Waals surface area contributed by atoms with Gasteiger partial charge in [0.1, 0.15) is 0 Å². The number of nitrogens with one attached hydrogen (secondary N) is 1. The smallest absolute Gasteiger partial charge is 0.337 e. The van der Waals surface area contributed by atoms with Gasteiger partial charge in [-0.3, -0.25) is 4.79 Å². The van der Waals surface area contributed by atoms with Crippen LogP contribution in [0.4, 0.5) is 0 Å². The highest BCUT2D eigenvalue weighted by molar-refractivity contribution is 7.99. The highest BCUT2D eigenvalue weighted by Gasteiger charge is 2.12. The van der Waals surface area contributed by atoms with Crippen molar-refractivity contribution in [1.29, 1.82) is 0 Å². The number of hydrogen-bond donors (Lipinski definition) is 1. The van der Waals surface area contributed by atoms with Crippen molar-refractivity contribution < 1.29 is 14.3 Å². The van der Waals surface area contributed by atoms with Crippen LogP contribution in [-0.4, -0.2) is 45.5 Å². The van der Waals surface area contributed by atoms with Crippen molar-refractivity contribution in [3.63, 3.8) is 0 Å². The van der Waals surface area contributed by atoms with Crippen LogP contribution >= 0.6 is 11.8 Å². The number of rotatable bonds is 7. The molecule has 2 heterocycles. The number of thioether (sulfide) groups is 1. The molecule has 32 heavy (non-hydrogen) atoms. The van der Waals surface area contributed by atoms with Gasteiger partial charge in [0.05, 0.1) is 24.6 Å². The fourth-order valence-corrected chi connectivity index (χ4v) is 4.04. The maximum atomic E-state index is 12.1. The van der Waals surface area contributed by atoms with E-state index in [-0.39, 0.29) is 17.6 Å². The molecule has 1 N–H and O–H groups in total. The van der Waals surface area contributed by atoms with Crippen molar-refractivity contribution in [2.75, 3.05) is 12.9 Å². The summed E-state index contributed by atoms with van der Waals surface area (Å²) in [5.41, 5.74) is 8.36. The SMILES string of the molecule is COC(=O)c1cccc(-n2c(C)cc(/C=N\NC(=O)CSc3nc(C)cc(C)n3)c2C)c1. The lowest BCUT2D eigenvalue weighted by Crippen LogP contribution is -2.19. The Kier molecular flexibility index (Phi) is 7.42. The molecule has 0 unspecified atom stereocenters. The number of ether oxygens (including phenoxy) is 1. The van der Waals surface area contributed by atoms with E-state index in [0.717, 1.165) is 34.0 Å². The molecule has 0 fully saturated rings. The van der Waals surface area contributed by atoms with Gasteiger partial charge in [-0.25, -0.2) is 20.2 Å². The minimum atomic E-state index is -0.386. The first-order valence-electron chi connectivity index (χ1n) is 9.93. The van der Waals surface area contributed by atoms with E-state index in [4.69, 9.17) is 4.74 Å². The highest BCUT2D eigenvalue weighted by atomic mass is 32.2. The molecule has 0 atom stereocenters. The third-order valence-corrected chi connectivity index (χ3v) is 5.53. The van der Waals surface area contributed by atoms with Crippen molar-refractivity contribution >= 4 is 29.9 Å². The molecule has 3 rings (SSSR count). The van der Waals surface area contributed by atoms with Gasteiger partial charge in [-0.15, -0.1) is 0 Å². The van der Waals surface area contributed by atoms with Crippen LogP contribution in [0.3, 0.4) is 0 Å². The van der Waals surface area contributed by atoms with E-state index in [1.165, 1.54) is 18.9 Å². The number of hydrogen-bond acceptors (Lipinski definition) is 7. The summed E-state index contributed by atoms with van der Waals surface area (Å²) in [7, 11) is 1.36. The third kappa shape index (κ3) is 5.61. The number of benzene rings is 1. The Labute approximate surface area is 191 Å². The molecule has 0 aliphatic carbocycles. The zero-order valence-corrected chi connectivity index (χ0v) is 19.5. The normalized spacial score (nSPS) is 11.0. The van der Waals surface area contributed by atoms with Gasteiger partial charge in [0.2, 0.25) is 0 Å². The summed E-state index contributed by atoms with van der Waals surface area (Å²) in [4.78, 5) is 32.6. The van der Waals surface area contributed by atoms with Gasteiger partial charge in [-0.2, -0.15) is 5.10 Å². The van der Waals surface area contributed by atoms with Gasteiger partial charge in [-0.1, -0.05) is 17.8 Å². The molecule has 1 aromatic carbocycles. The largest absolute Gasteiger partial charge is 0.465 e. The number of aryl methyl sites for hydroxylation is 3. The predicted molar refractivity (Wildman–Crippen MR) is 125 cm³/mol. The lowest BCUT2D eigenvalue weighted by Gasteiger charge is -2.10. The van der Waals surface area contributed by atoms with Crippen LogP contribution in [0.5, 0.6) is 0 Å². The molecule has 0 aliphatic rings. The van der Waals surface area contributed by atoms with Gasteiger partial charge < -0.3 is 9.30 Å². The summed E-state index contributed by atoms with van der Waals surface area (Å²) >= 11 is 1.27. The van der Waals surface area contributed by atoms with E-state index in [2.05, 4.69) is 20.5 Å². The second-order valence-corrected chi connectivity index (χ2v) is 8.16. The maximum Gasteiger partial charge on any atom is 0.337 e. The fourth-order valence-electron chi connectivity index (χ4n) is 3.30. The van der Waals surface area contributed by atoms with Gasteiger partial charge in [-0.05, 0) is 58.0 Å². The zero-order chi connectivity index (χ0) is 23.3. The van der Waals surface area contributed by atoms with E-state index < -0.39 is 0 Å². The van der Waals surface area contributed by atoms with Crippen molar-refractivity contribution in [3.05, 3.63) is 70.3 Å². The molecule has 0 bridgehead atoms. The molecule has 0 radical (unpaired) electrons. The summed E-state index contributed by atoms with van der Waals surface area (Å²) in [6.07, 6.45) is 1.61.